The van der Waals surface area contributed by atoms with Gasteiger partial charge in [-0.15, -0.1) is 0 Å². The second-order valence-electron chi connectivity index (χ2n) is 2.63. The number of para-hydroxylation sites is 1. The summed E-state index contributed by atoms with van der Waals surface area (Å²) in [7, 11) is 0. The summed E-state index contributed by atoms with van der Waals surface area (Å²) in [5.41, 5.74) is 6.02. The van der Waals surface area contributed by atoms with E-state index in [4.69, 9.17) is 22.1 Å². The molecular weight excluding hydrogens is 212 g/mol. The number of nitrogens with two attached hydrogens (primary N) is 1. The third-order valence-electron chi connectivity index (χ3n) is 1.62. The fourth-order valence-electron chi connectivity index (χ4n) is 1.02. The summed E-state index contributed by atoms with van der Waals surface area (Å²) in [4.78, 5) is 0. The van der Waals surface area contributed by atoms with Crippen molar-refractivity contribution in [3.05, 3.63) is 28.8 Å². The Morgan fingerprint density at radius 3 is 2.71 bits per heavy atom. The zero-order valence-corrected chi connectivity index (χ0v) is 8.10. The van der Waals surface area contributed by atoms with Gasteiger partial charge in [0.2, 0.25) is 0 Å². The van der Waals surface area contributed by atoms with Crippen molar-refractivity contribution in [1.82, 2.24) is 0 Å². The minimum Gasteiger partial charge on any atom is -0.486 e. The lowest BCUT2D eigenvalue weighted by Crippen LogP contribution is -2.10. The number of alkyl halides is 2. The van der Waals surface area contributed by atoms with Crippen molar-refractivity contribution in [3.63, 3.8) is 0 Å². The average molecular weight is 222 g/mol. The molecule has 14 heavy (non-hydrogen) atoms. The monoisotopic (exact) mass is 221 g/mol. The summed E-state index contributed by atoms with van der Waals surface area (Å²) in [5.74, 6) is 0.247. The third-order valence-corrected chi connectivity index (χ3v) is 1.92. The van der Waals surface area contributed by atoms with Gasteiger partial charge in [-0.25, -0.2) is 8.78 Å². The second kappa shape index (κ2) is 5.12. The normalized spacial score (nSPS) is 10.6. The highest BCUT2D eigenvalue weighted by molar-refractivity contribution is 6.32. The molecule has 0 amide bonds. The first-order chi connectivity index (χ1) is 6.65. The predicted octanol–water partition coefficient (Wildman–Crippen LogP) is 2.44. The zero-order chi connectivity index (χ0) is 10.6. The topological polar surface area (TPSA) is 35.2 Å². The van der Waals surface area contributed by atoms with Crippen LogP contribution in [0.15, 0.2) is 18.2 Å². The van der Waals surface area contributed by atoms with Crippen LogP contribution in [0.3, 0.4) is 0 Å². The molecule has 78 valence electrons. The van der Waals surface area contributed by atoms with Gasteiger partial charge in [-0.2, -0.15) is 0 Å². The van der Waals surface area contributed by atoms with Gasteiger partial charge >= 0.3 is 0 Å². The molecule has 2 N–H and O–H groups in total. The molecule has 0 atom stereocenters. The van der Waals surface area contributed by atoms with Crippen LogP contribution in [-0.2, 0) is 6.54 Å². The SMILES string of the molecule is NCc1cccc(Cl)c1OCC(F)F. The van der Waals surface area contributed by atoms with Crippen LogP contribution in [0.5, 0.6) is 5.75 Å². The highest BCUT2D eigenvalue weighted by Gasteiger charge is 2.10. The largest absolute Gasteiger partial charge is 0.486 e. The fourth-order valence-corrected chi connectivity index (χ4v) is 1.27. The first kappa shape index (κ1) is 11.2. The van der Waals surface area contributed by atoms with Crippen LogP contribution >= 0.6 is 11.6 Å². The van der Waals surface area contributed by atoms with Gasteiger partial charge in [0.1, 0.15) is 12.4 Å². The van der Waals surface area contributed by atoms with E-state index in [0.29, 0.717) is 10.6 Å². The maximum absolute atomic E-state index is 11.9. The maximum Gasteiger partial charge on any atom is 0.272 e. The van der Waals surface area contributed by atoms with Gasteiger partial charge in [-0.3, -0.25) is 0 Å². The summed E-state index contributed by atoms with van der Waals surface area (Å²) in [6.45, 7) is -0.462. The van der Waals surface area contributed by atoms with Gasteiger partial charge in [-0.1, -0.05) is 23.7 Å². The molecule has 0 bridgehead atoms. The molecule has 0 heterocycles. The molecule has 1 aromatic rings. The molecule has 0 unspecified atom stereocenters. The van der Waals surface area contributed by atoms with Gasteiger partial charge in [0, 0.05) is 12.1 Å². The van der Waals surface area contributed by atoms with E-state index in [0.717, 1.165) is 0 Å². The van der Waals surface area contributed by atoms with Gasteiger partial charge < -0.3 is 10.5 Å². The van der Waals surface area contributed by atoms with Crippen molar-refractivity contribution in [2.75, 3.05) is 6.61 Å². The minimum atomic E-state index is -2.52. The molecule has 0 aliphatic rings. The van der Waals surface area contributed by atoms with E-state index in [1.165, 1.54) is 0 Å². The second-order valence-corrected chi connectivity index (χ2v) is 3.04. The average Bonchev–Trinajstić information content (AvgIpc) is 2.15. The Morgan fingerprint density at radius 1 is 1.43 bits per heavy atom. The number of ether oxygens (including phenoxy) is 1. The minimum absolute atomic E-state index is 0.207. The van der Waals surface area contributed by atoms with Crippen LogP contribution in [0.4, 0.5) is 8.78 Å². The standard InChI is InChI=1S/C9H10ClF2NO/c10-7-3-1-2-6(4-13)9(7)14-5-8(11)12/h1-3,8H,4-5,13H2. The van der Waals surface area contributed by atoms with E-state index < -0.39 is 13.0 Å². The number of hydrogen-bond acceptors (Lipinski definition) is 2. The Kier molecular flexibility index (Phi) is 4.10. The molecular formula is C9H10ClF2NO. The Bertz CT molecular complexity index is 307. The molecule has 5 heteroatoms. The van der Waals surface area contributed by atoms with E-state index in [1.807, 2.05) is 0 Å². The van der Waals surface area contributed by atoms with Crippen molar-refractivity contribution in [2.45, 2.75) is 13.0 Å². The first-order valence-corrected chi connectivity index (χ1v) is 4.41. The Labute approximate surface area is 85.6 Å². The Hall–Kier alpha value is -0.870. The zero-order valence-electron chi connectivity index (χ0n) is 7.34. The van der Waals surface area contributed by atoms with E-state index >= 15 is 0 Å². The van der Waals surface area contributed by atoms with Crippen molar-refractivity contribution in [1.29, 1.82) is 0 Å². The molecule has 0 saturated carbocycles. The highest BCUT2D eigenvalue weighted by atomic mass is 35.5. The number of rotatable bonds is 4. The van der Waals surface area contributed by atoms with Crippen LogP contribution in [0.25, 0.3) is 0 Å². The van der Waals surface area contributed by atoms with Crippen molar-refractivity contribution in [2.24, 2.45) is 5.73 Å². The lowest BCUT2D eigenvalue weighted by Gasteiger charge is -2.11. The van der Waals surface area contributed by atoms with Crippen LogP contribution in [-0.4, -0.2) is 13.0 Å². The number of hydrogen-bond donors (Lipinski definition) is 1. The van der Waals surface area contributed by atoms with Crippen LogP contribution in [0, 0.1) is 0 Å². The molecule has 0 saturated heterocycles. The summed E-state index contributed by atoms with van der Waals surface area (Å²) >= 11 is 5.77. The Morgan fingerprint density at radius 2 is 2.14 bits per heavy atom. The molecule has 0 radical (unpaired) electrons. The summed E-state index contributed by atoms with van der Waals surface area (Å²) in [6.07, 6.45) is -2.52. The fraction of sp³-hybridized carbons (Fsp3) is 0.333. The van der Waals surface area contributed by atoms with E-state index in [2.05, 4.69) is 0 Å². The summed E-state index contributed by atoms with van der Waals surface area (Å²) < 4.78 is 28.6. The lowest BCUT2D eigenvalue weighted by molar-refractivity contribution is 0.0815. The smallest absolute Gasteiger partial charge is 0.272 e. The predicted molar refractivity (Wildman–Crippen MR) is 50.8 cm³/mol. The van der Waals surface area contributed by atoms with Gasteiger partial charge in [-0.05, 0) is 6.07 Å². The first-order valence-electron chi connectivity index (χ1n) is 4.03. The van der Waals surface area contributed by atoms with Gasteiger partial charge in [0.05, 0.1) is 5.02 Å². The molecule has 0 aromatic heterocycles. The van der Waals surface area contributed by atoms with Crippen molar-refractivity contribution < 1.29 is 13.5 Å². The highest BCUT2D eigenvalue weighted by Crippen LogP contribution is 2.28. The van der Waals surface area contributed by atoms with Crippen molar-refractivity contribution in [3.8, 4) is 5.75 Å². The molecule has 2 nitrogen and oxygen atoms in total. The molecule has 1 rings (SSSR count). The number of benzene rings is 1. The molecule has 0 aliphatic heterocycles. The van der Waals surface area contributed by atoms with Crippen LogP contribution in [0.2, 0.25) is 5.02 Å². The van der Waals surface area contributed by atoms with Gasteiger partial charge in [0.25, 0.3) is 6.43 Å². The lowest BCUT2D eigenvalue weighted by atomic mass is 10.2. The molecule has 0 fully saturated rings. The molecule has 0 aliphatic carbocycles. The summed E-state index contributed by atoms with van der Waals surface area (Å²) in [6, 6.07) is 4.95. The van der Waals surface area contributed by atoms with E-state index in [9.17, 15) is 8.78 Å². The third kappa shape index (κ3) is 2.82. The maximum atomic E-state index is 11.9. The Balaban J connectivity index is 2.82. The molecule has 0 spiro atoms. The quantitative estimate of drug-likeness (QED) is 0.848. The molecule has 1 aromatic carbocycles. The summed E-state index contributed by atoms with van der Waals surface area (Å²) in [5, 5.41) is 0.300. The van der Waals surface area contributed by atoms with Crippen LogP contribution < -0.4 is 10.5 Å². The number of halogens is 3. The van der Waals surface area contributed by atoms with Crippen molar-refractivity contribution >= 4 is 11.6 Å². The van der Waals surface area contributed by atoms with Gasteiger partial charge in [0.15, 0.2) is 0 Å². The van der Waals surface area contributed by atoms with E-state index in [1.54, 1.807) is 18.2 Å². The van der Waals surface area contributed by atoms with Crippen LogP contribution in [0.1, 0.15) is 5.56 Å². The van der Waals surface area contributed by atoms with E-state index in [-0.39, 0.29) is 12.3 Å².